The van der Waals surface area contributed by atoms with Gasteiger partial charge in [-0.05, 0) is 36.8 Å². The molecule has 0 saturated heterocycles. The average molecular weight is 432 g/mol. The predicted molar refractivity (Wildman–Crippen MR) is 117 cm³/mol. The molecular formula is C20H22ClN5O2S. The van der Waals surface area contributed by atoms with Crippen LogP contribution in [0, 0.1) is 6.92 Å². The molecule has 0 aliphatic rings. The Morgan fingerprint density at radius 2 is 1.72 bits per heavy atom. The lowest BCUT2D eigenvalue weighted by Gasteiger charge is -2.17. The van der Waals surface area contributed by atoms with Crippen LogP contribution in [0.2, 0.25) is 0 Å². The topological polar surface area (TPSA) is 87.2 Å². The quantitative estimate of drug-likeness (QED) is 0.543. The number of halogens is 1. The second-order valence-electron chi connectivity index (χ2n) is 6.59. The number of benzene rings is 2. The Labute approximate surface area is 175 Å². The van der Waals surface area contributed by atoms with Crippen molar-refractivity contribution in [1.29, 1.82) is 0 Å². The Hall–Kier alpha value is -2.68. The van der Waals surface area contributed by atoms with Gasteiger partial charge in [0.2, 0.25) is 16.0 Å². The van der Waals surface area contributed by atoms with Gasteiger partial charge in [0.1, 0.15) is 10.7 Å². The summed E-state index contributed by atoms with van der Waals surface area (Å²) >= 11 is 5.82. The number of anilines is 4. The first kappa shape index (κ1) is 21.0. The highest BCUT2D eigenvalue weighted by Crippen LogP contribution is 2.27. The largest absolute Gasteiger partial charge is 0.339 e. The lowest BCUT2D eigenvalue weighted by atomic mass is 10.2. The van der Waals surface area contributed by atoms with E-state index in [0.29, 0.717) is 23.3 Å². The molecule has 0 radical (unpaired) electrons. The third kappa shape index (κ3) is 4.84. The molecule has 1 heterocycles. The Morgan fingerprint density at radius 1 is 1.03 bits per heavy atom. The van der Waals surface area contributed by atoms with Crippen LogP contribution in [0.15, 0.2) is 59.6 Å². The van der Waals surface area contributed by atoms with Gasteiger partial charge in [-0.15, -0.1) is 11.6 Å². The lowest BCUT2D eigenvalue weighted by Crippen LogP contribution is -2.23. The molecule has 0 spiro atoms. The van der Waals surface area contributed by atoms with Crippen LogP contribution >= 0.6 is 11.6 Å². The number of aryl methyl sites for hydroxylation is 1. The average Bonchev–Trinajstić information content (AvgIpc) is 2.71. The summed E-state index contributed by atoms with van der Waals surface area (Å²) in [5.74, 6) is 1.36. The number of hydrogen-bond donors (Lipinski definition) is 2. The summed E-state index contributed by atoms with van der Waals surface area (Å²) in [4.78, 5) is 8.98. The molecule has 0 bridgehead atoms. The number of sulfonamides is 1. The van der Waals surface area contributed by atoms with Crippen molar-refractivity contribution >= 4 is 44.8 Å². The molecule has 7 nitrogen and oxygen atoms in total. The van der Waals surface area contributed by atoms with Crippen molar-refractivity contribution in [2.24, 2.45) is 0 Å². The van der Waals surface area contributed by atoms with Crippen molar-refractivity contribution in [3.8, 4) is 0 Å². The first-order valence-electron chi connectivity index (χ1n) is 8.85. The zero-order valence-electron chi connectivity index (χ0n) is 16.3. The van der Waals surface area contributed by atoms with Crippen molar-refractivity contribution in [3.05, 3.63) is 65.9 Å². The Bertz CT molecular complexity index is 1100. The van der Waals surface area contributed by atoms with Crippen LogP contribution in [-0.2, 0) is 15.9 Å². The molecule has 0 amide bonds. The normalized spacial score (nSPS) is 11.5. The number of nitrogens with zero attached hydrogens (tertiary/aromatic N) is 3. The number of alkyl halides is 1. The monoisotopic (exact) mass is 431 g/mol. The van der Waals surface area contributed by atoms with Gasteiger partial charge in [-0.1, -0.05) is 24.3 Å². The van der Waals surface area contributed by atoms with Crippen LogP contribution < -0.4 is 10.6 Å². The van der Waals surface area contributed by atoms with Crippen molar-refractivity contribution < 1.29 is 8.42 Å². The van der Waals surface area contributed by atoms with E-state index in [1.165, 1.54) is 18.4 Å². The van der Waals surface area contributed by atoms with Crippen molar-refractivity contribution in [3.63, 3.8) is 0 Å². The summed E-state index contributed by atoms with van der Waals surface area (Å²) in [6, 6.07) is 14.4. The molecule has 1 aromatic heterocycles. The zero-order chi connectivity index (χ0) is 21.0. The molecule has 3 aromatic rings. The summed E-state index contributed by atoms with van der Waals surface area (Å²) in [5.41, 5.74) is 3.07. The molecular weight excluding hydrogens is 410 g/mol. The highest BCUT2D eigenvalue weighted by Gasteiger charge is 2.21. The predicted octanol–water partition coefficient (Wildman–Crippen LogP) is 4.26. The Balaban J connectivity index is 1.90. The van der Waals surface area contributed by atoms with Crippen LogP contribution in [0.4, 0.5) is 23.1 Å². The first-order valence-corrected chi connectivity index (χ1v) is 10.8. The fourth-order valence-electron chi connectivity index (χ4n) is 2.55. The second kappa shape index (κ2) is 8.77. The summed E-state index contributed by atoms with van der Waals surface area (Å²) in [7, 11) is -0.606. The van der Waals surface area contributed by atoms with Gasteiger partial charge < -0.3 is 10.6 Å². The van der Waals surface area contributed by atoms with E-state index < -0.39 is 10.0 Å². The van der Waals surface area contributed by atoms with E-state index in [1.807, 2.05) is 31.2 Å². The molecule has 2 N–H and O–H groups in total. The zero-order valence-corrected chi connectivity index (χ0v) is 17.9. The summed E-state index contributed by atoms with van der Waals surface area (Å²) in [6.45, 7) is 1.85. The maximum atomic E-state index is 12.6. The summed E-state index contributed by atoms with van der Waals surface area (Å²) in [6.07, 6.45) is 1.67. The molecule has 0 fully saturated rings. The SMILES string of the molecule is Cc1cnc(Nc2ccc(CCl)cc2)nc1Nc1ccccc1S(=O)(=O)N(C)C. The molecule has 0 aliphatic heterocycles. The van der Waals surface area contributed by atoms with E-state index in [1.54, 1.807) is 30.5 Å². The standard InChI is InChI=1S/C20H22ClN5O2S/c1-14-13-22-20(23-16-10-8-15(12-21)9-11-16)25-19(14)24-17-6-4-5-7-18(17)29(27,28)26(2)3/h4-11,13H,12H2,1-3H3,(H2,22,23,24,25). The minimum atomic E-state index is -3.60. The van der Waals surface area contributed by atoms with Gasteiger partial charge in [0.25, 0.3) is 0 Å². The first-order chi connectivity index (χ1) is 13.8. The van der Waals surface area contributed by atoms with E-state index in [-0.39, 0.29) is 4.90 Å². The number of para-hydroxylation sites is 1. The smallest absolute Gasteiger partial charge is 0.244 e. The van der Waals surface area contributed by atoms with Gasteiger partial charge in [0.05, 0.1) is 5.69 Å². The van der Waals surface area contributed by atoms with E-state index in [2.05, 4.69) is 20.6 Å². The molecule has 29 heavy (non-hydrogen) atoms. The Kier molecular flexibility index (Phi) is 6.36. The van der Waals surface area contributed by atoms with Gasteiger partial charge in [0, 0.05) is 37.4 Å². The number of aromatic nitrogens is 2. The fraction of sp³-hybridized carbons (Fsp3) is 0.200. The van der Waals surface area contributed by atoms with Crippen LogP contribution in [0.1, 0.15) is 11.1 Å². The lowest BCUT2D eigenvalue weighted by molar-refractivity contribution is 0.521. The van der Waals surface area contributed by atoms with E-state index in [4.69, 9.17) is 11.6 Å². The molecule has 3 rings (SSSR count). The van der Waals surface area contributed by atoms with E-state index in [9.17, 15) is 8.42 Å². The van der Waals surface area contributed by atoms with Gasteiger partial charge in [-0.2, -0.15) is 4.98 Å². The molecule has 2 aromatic carbocycles. The second-order valence-corrected chi connectivity index (χ2v) is 8.98. The van der Waals surface area contributed by atoms with Crippen LogP contribution in [0.3, 0.4) is 0 Å². The highest BCUT2D eigenvalue weighted by atomic mass is 35.5. The molecule has 152 valence electrons. The van der Waals surface area contributed by atoms with Gasteiger partial charge in [0.15, 0.2) is 0 Å². The molecule has 0 saturated carbocycles. The van der Waals surface area contributed by atoms with Crippen LogP contribution in [-0.4, -0.2) is 36.8 Å². The molecule has 9 heteroatoms. The minimum absolute atomic E-state index is 0.175. The van der Waals surface area contributed by atoms with Gasteiger partial charge >= 0.3 is 0 Å². The van der Waals surface area contributed by atoms with E-state index >= 15 is 0 Å². The third-order valence-electron chi connectivity index (χ3n) is 4.23. The summed E-state index contributed by atoms with van der Waals surface area (Å²) in [5, 5.41) is 6.27. The fourth-order valence-corrected chi connectivity index (χ4v) is 3.77. The number of nitrogens with one attached hydrogen (secondary N) is 2. The van der Waals surface area contributed by atoms with Gasteiger partial charge in [-0.3, -0.25) is 0 Å². The summed E-state index contributed by atoms with van der Waals surface area (Å²) < 4.78 is 26.4. The Morgan fingerprint density at radius 3 is 2.38 bits per heavy atom. The van der Waals surface area contributed by atoms with Crippen LogP contribution in [0.25, 0.3) is 0 Å². The minimum Gasteiger partial charge on any atom is -0.339 e. The molecule has 0 aliphatic carbocycles. The number of rotatable bonds is 7. The highest BCUT2D eigenvalue weighted by molar-refractivity contribution is 7.89. The van der Waals surface area contributed by atoms with Gasteiger partial charge in [-0.25, -0.2) is 17.7 Å². The maximum absolute atomic E-state index is 12.6. The molecule has 0 unspecified atom stereocenters. The van der Waals surface area contributed by atoms with Crippen molar-refractivity contribution in [2.45, 2.75) is 17.7 Å². The maximum Gasteiger partial charge on any atom is 0.244 e. The van der Waals surface area contributed by atoms with E-state index in [0.717, 1.165) is 16.8 Å². The van der Waals surface area contributed by atoms with Crippen LogP contribution in [0.5, 0.6) is 0 Å². The third-order valence-corrected chi connectivity index (χ3v) is 6.42. The molecule has 0 atom stereocenters. The number of hydrogen-bond acceptors (Lipinski definition) is 6. The van der Waals surface area contributed by atoms with Crippen molar-refractivity contribution in [1.82, 2.24) is 14.3 Å². The van der Waals surface area contributed by atoms with Crippen molar-refractivity contribution in [2.75, 3.05) is 24.7 Å².